The number of hydrogen-bond acceptors (Lipinski definition) is 3. The van der Waals surface area contributed by atoms with Crippen molar-refractivity contribution in [3.05, 3.63) is 35.4 Å². The Bertz CT molecular complexity index is 684. The van der Waals surface area contributed by atoms with Gasteiger partial charge >= 0.3 is 0 Å². The third kappa shape index (κ3) is 4.26. The van der Waals surface area contributed by atoms with Gasteiger partial charge in [0.05, 0.1) is 7.11 Å². The lowest BCUT2D eigenvalue weighted by Crippen LogP contribution is -2.51. The van der Waals surface area contributed by atoms with Crippen molar-refractivity contribution in [1.29, 1.82) is 0 Å². The molecule has 3 rings (SSSR count). The van der Waals surface area contributed by atoms with Crippen LogP contribution in [0.15, 0.2) is 24.3 Å². The van der Waals surface area contributed by atoms with Crippen LogP contribution < -0.4 is 4.74 Å². The summed E-state index contributed by atoms with van der Waals surface area (Å²) in [4.78, 5) is 28.7. The van der Waals surface area contributed by atoms with Gasteiger partial charge < -0.3 is 14.5 Å². The second kappa shape index (κ2) is 8.39. The van der Waals surface area contributed by atoms with Crippen molar-refractivity contribution in [2.24, 2.45) is 5.92 Å². The van der Waals surface area contributed by atoms with Crippen molar-refractivity contribution < 1.29 is 14.3 Å². The zero-order valence-electron chi connectivity index (χ0n) is 15.7. The normalized spacial score (nSPS) is 18.5. The van der Waals surface area contributed by atoms with Gasteiger partial charge in [-0.3, -0.25) is 9.59 Å². The Morgan fingerprint density at radius 3 is 2.38 bits per heavy atom. The van der Waals surface area contributed by atoms with Gasteiger partial charge in [-0.1, -0.05) is 24.5 Å². The van der Waals surface area contributed by atoms with E-state index < -0.39 is 0 Å². The summed E-state index contributed by atoms with van der Waals surface area (Å²) in [5.41, 5.74) is 2.02. The number of amides is 2. The molecule has 2 amide bonds. The molecule has 0 unspecified atom stereocenters. The molecule has 1 aromatic carbocycles. The maximum atomic E-state index is 12.5. The van der Waals surface area contributed by atoms with Crippen LogP contribution in [-0.2, 0) is 9.59 Å². The number of hydrogen-bond donors (Lipinski definition) is 0. The summed E-state index contributed by atoms with van der Waals surface area (Å²) in [7, 11) is 1.63. The van der Waals surface area contributed by atoms with E-state index in [1.165, 1.54) is 12.8 Å². The van der Waals surface area contributed by atoms with Gasteiger partial charge in [-0.15, -0.1) is 0 Å². The number of nitrogens with zero attached hydrogens (tertiary/aromatic N) is 2. The fourth-order valence-corrected chi connectivity index (χ4v) is 3.83. The van der Waals surface area contributed by atoms with Crippen molar-refractivity contribution >= 4 is 17.9 Å². The highest BCUT2D eigenvalue weighted by molar-refractivity contribution is 5.92. The first-order valence-corrected chi connectivity index (χ1v) is 9.49. The van der Waals surface area contributed by atoms with Crippen LogP contribution >= 0.6 is 0 Å². The molecule has 2 aliphatic rings. The molecule has 1 saturated carbocycles. The predicted molar refractivity (Wildman–Crippen MR) is 102 cm³/mol. The van der Waals surface area contributed by atoms with Gasteiger partial charge in [-0.25, -0.2) is 0 Å². The average molecular weight is 356 g/mol. The average Bonchev–Trinajstić information content (AvgIpc) is 3.20. The molecule has 5 nitrogen and oxygen atoms in total. The van der Waals surface area contributed by atoms with E-state index in [4.69, 9.17) is 4.74 Å². The molecule has 1 aliphatic carbocycles. The molecule has 1 saturated heterocycles. The van der Waals surface area contributed by atoms with Gasteiger partial charge in [0.25, 0.3) is 0 Å². The molecule has 26 heavy (non-hydrogen) atoms. The molecule has 0 atom stereocenters. The van der Waals surface area contributed by atoms with Gasteiger partial charge in [-0.05, 0) is 38.0 Å². The Hall–Kier alpha value is -2.30. The summed E-state index contributed by atoms with van der Waals surface area (Å²) in [6.07, 6.45) is 7.80. The topological polar surface area (TPSA) is 49.9 Å². The van der Waals surface area contributed by atoms with Crippen molar-refractivity contribution in [3.63, 3.8) is 0 Å². The molecular weight excluding hydrogens is 328 g/mol. The fraction of sp³-hybridized carbons (Fsp3) is 0.524. The third-order valence-electron chi connectivity index (χ3n) is 5.40. The summed E-state index contributed by atoms with van der Waals surface area (Å²) in [6.45, 7) is 4.50. The van der Waals surface area contributed by atoms with Gasteiger partial charge in [0.1, 0.15) is 5.75 Å². The molecule has 0 radical (unpaired) electrons. The Balaban J connectivity index is 1.55. The van der Waals surface area contributed by atoms with E-state index in [2.05, 4.69) is 0 Å². The number of carbonyl (C=O) groups is 2. The van der Waals surface area contributed by atoms with E-state index in [1.807, 2.05) is 41.0 Å². The van der Waals surface area contributed by atoms with E-state index in [1.54, 1.807) is 13.2 Å². The van der Waals surface area contributed by atoms with Crippen molar-refractivity contribution in [1.82, 2.24) is 9.80 Å². The number of piperazine rings is 1. The van der Waals surface area contributed by atoms with Crippen molar-refractivity contribution in [2.45, 2.75) is 32.6 Å². The molecule has 0 bridgehead atoms. The highest BCUT2D eigenvalue weighted by atomic mass is 16.5. The first-order chi connectivity index (χ1) is 12.6. The highest BCUT2D eigenvalue weighted by Crippen LogP contribution is 2.27. The maximum Gasteiger partial charge on any atom is 0.246 e. The van der Waals surface area contributed by atoms with Crippen molar-refractivity contribution in [2.75, 3.05) is 33.3 Å². The smallest absolute Gasteiger partial charge is 0.246 e. The molecular formula is C21H28N2O3. The standard InChI is InChI=1S/C21H28N2O3/c1-16-7-9-19(26-2)18(15-16)8-10-20(24)22-11-13-23(14-12-22)21(25)17-5-3-4-6-17/h7-10,15,17H,3-6,11-14H2,1-2H3/b10-8+. The molecule has 1 aromatic rings. The molecule has 2 fully saturated rings. The van der Waals surface area contributed by atoms with Gasteiger partial charge in [0, 0.05) is 43.7 Å². The molecule has 140 valence electrons. The van der Waals surface area contributed by atoms with Gasteiger partial charge in [0.2, 0.25) is 11.8 Å². The lowest BCUT2D eigenvalue weighted by molar-refractivity contribution is -0.140. The zero-order valence-corrected chi connectivity index (χ0v) is 15.7. The van der Waals surface area contributed by atoms with E-state index >= 15 is 0 Å². The minimum atomic E-state index is -0.0125. The molecule has 0 aromatic heterocycles. The first-order valence-electron chi connectivity index (χ1n) is 9.49. The number of carbonyl (C=O) groups excluding carboxylic acids is 2. The minimum absolute atomic E-state index is 0.0125. The Labute approximate surface area is 155 Å². The Kier molecular flexibility index (Phi) is 5.96. The van der Waals surface area contributed by atoms with E-state index in [0.717, 1.165) is 29.7 Å². The zero-order chi connectivity index (χ0) is 18.5. The number of aryl methyl sites for hydroxylation is 1. The van der Waals surface area contributed by atoms with E-state index in [9.17, 15) is 9.59 Å². The summed E-state index contributed by atoms with van der Waals surface area (Å²) in [6, 6.07) is 5.90. The van der Waals surface area contributed by atoms with E-state index in [-0.39, 0.29) is 17.7 Å². The fourth-order valence-electron chi connectivity index (χ4n) is 3.83. The lowest BCUT2D eigenvalue weighted by Gasteiger charge is -2.35. The summed E-state index contributed by atoms with van der Waals surface area (Å²) < 4.78 is 5.35. The maximum absolute atomic E-state index is 12.5. The summed E-state index contributed by atoms with van der Waals surface area (Å²) >= 11 is 0. The van der Waals surface area contributed by atoms with Crippen LogP contribution in [0.4, 0.5) is 0 Å². The SMILES string of the molecule is COc1ccc(C)cc1/C=C/C(=O)N1CCN(C(=O)C2CCCC2)CC1. The molecule has 0 spiro atoms. The monoisotopic (exact) mass is 356 g/mol. The van der Waals surface area contributed by atoms with Gasteiger partial charge in [-0.2, -0.15) is 0 Å². The largest absolute Gasteiger partial charge is 0.496 e. The van der Waals surface area contributed by atoms with Crippen LogP contribution in [0.3, 0.4) is 0 Å². The third-order valence-corrected chi connectivity index (χ3v) is 5.40. The van der Waals surface area contributed by atoms with Crippen LogP contribution in [0.1, 0.15) is 36.8 Å². The first kappa shape index (κ1) is 18.5. The lowest BCUT2D eigenvalue weighted by atomic mass is 10.1. The number of rotatable bonds is 4. The number of methoxy groups -OCH3 is 1. The van der Waals surface area contributed by atoms with Crippen LogP contribution in [0, 0.1) is 12.8 Å². The van der Waals surface area contributed by atoms with Crippen molar-refractivity contribution in [3.8, 4) is 5.75 Å². The van der Waals surface area contributed by atoms with Crippen LogP contribution in [0.5, 0.6) is 5.75 Å². The molecule has 1 heterocycles. The highest BCUT2D eigenvalue weighted by Gasteiger charge is 2.30. The second-order valence-electron chi connectivity index (χ2n) is 7.21. The minimum Gasteiger partial charge on any atom is -0.496 e. The van der Waals surface area contributed by atoms with Crippen LogP contribution in [0.25, 0.3) is 6.08 Å². The quantitative estimate of drug-likeness (QED) is 0.780. The Morgan fingerprint density at radius 1 is 1.08 bits per heavy atom. The van der Waals surface area contributed by atoms with Gasteiger partial charge in [0.15, 0.2) is 0 Å². The number of benzene rings is 1. The predicted octanol–water partition coefficient (Wildman–Crippen LogP) is 2.88. The molecule has 0 N–H and O–H groups in total. The van der Waals surface area contributed by atoms with E-state index in [0.29, 0.717) is 26.2 Å². The summed E-state index contributed by atoms with van der Waals surface area (Å²) in [5, 5.41) is 0. The summed E-state index contributed by atoms with van der Waals surface area (Å²) in [5.74, 6) is 1.24. The van der Waals surface area contributed by atoms with Crippen LogP contribution in [-0.4, -0.2) is 54.9 Å². The Morgan fingerprint density at radius 2 is 1.73 bits per heavy atom. The number of ether oxygens (including phenoxy) is 1. The molecule has 1 aliphatic heterocycles. The molecule has 5 heteroatoms. The van der Waals surface area contributed by atoms with Crippen LogP contribution in [0.2, 0.25) is 0 Å². The second-order valence-corrected chi connectivity index (χ2v) is 7.21.